The Hall–Kier alpha value is -0.380. The predicted octanol–water partition coefficient (Wildman–Crippen LogP) is 3.29. The summed E-state index contributed by atoms with van der Waals surface area (Å²) >= 11 is 13.0. The van der Waals surface area contributed by atoms with Crippen molar-refractivity contribution in [2.45, 2.75) is 0 Å². The molecule has 0 saturated carbocycles. The topological polar surface area (TPSA) is 29.1 Å². The van der Waals surface area contributed by atoms with Crippen LogP contribution in [0.1, 0.15) is 0 Å². The molecule has 5 heteroatoms. The standard InChI is InChI=1S/C9H9Cl2NOS/c1-14-5-9(13)12-8-3-6(10)2-7(11)4-8/h2-4H,5H2,1H3,(H,12,13). The van der Waals surface area contributed by atoms with Crippen LogP contribution in [-0.2, 0) is 4.79 Å². The van der Waals surface area contributed by atoms with Crippen LogP contribution in [0.5, 0.6) is 0 Å². The van der Waals surface area contributed by atoms with Crippen LogP contribution in [0.15, 0.2) is 18.2 Å². The molecule has 0 saturated heterocycles. The molecule has 0 aliphatic rings. The first kappa shape index (κ1) is 11.7. The quantitative estimate of drug-likeness (QED) is 0.891. The van der Waals surface area contributed by atoms with E-state index >= 15 is 0 Å². The lowest BCUT2D eigenvalue weighted by Crippen LogP contribution is -2.13. The summed E-state index contributed by atoms with van der Waals surface area (Å²) in [6.45, 7) is 0. The third kappa shape index (κ3) is 3.78. The van der Waals surface area contributed by atoms with Crippen LogP contribution in [0.4, 0.5) is 5.69 Å². The summed E-state index contributed by atoms with van der Waals surface area (Å²) in [6, 6.07) is 4.94. The zero-order chi connectivity index (χ0) is 10.6. The van der Waals surface area contributed by atoms with Crippen molar-refractivity contribution in [3.05, 3.63) is 28.2 Å². The molecular formula is C9H9Cl2NOS. The summed E-state index contributed by atoms with van der Waals surface area (Å²) < 4.78 is 0. The molecule has 1 rings (SSSR count). The molecule has 0 aliphatic carbocycles. The lowest BCUT2D eigenvalue weighted by molar-refractivity contribution is -0.113. The molecule has 0 aromatic heterocycles. The zero-order valence-corrected chi connectivity index (χ0v) is 9.84. The van der Waals surface area contributed by atoms with E-state index in [2.05, 4.69) is 5.32 Å². The number of carbonyl (C=O) groups is 1. The van der Waals surface area contributed by atoms with Crippen molar-refractivity contribution in [3.8, 4) is 0 Å². The molecule has 2 nitrogen and oxygen atoms in total. The van der Waals surface area contributed by atoms with E-state index in [9.17, 15) is 4.79 Å². The number of hydrogen-bond donors (Lipinski definition) is 1. The third-order valence-corrected chi connectivity index (χ3v) is 2.41. The molecule has 0 bridgehead atoms. The molecule has 76 valence electrons. The van der Waals surface area contributed by atoms with Gasteiger partial charge in [-0.05, 0) is 24.5 Å². The Labute approximate surface area is 97.0 Å². The molecule has 0 radical (unpaired) electrons. The van der Waals surface area contributed by atoms with Crippen LogP contribution >= 0.6 is 35.0 Å². The summed E-state index contributed by atoms with van der Waals surface area (Å²) in [7, 11) is 0. The van der Waals surface area contributed by atoms with Crippen LogP contribution in [0.2, 0.25) is 10.0 Å². The van der Waals surface area contributed by atoms with Gasteiger partial charge in [0.25, 0.3) is 0 Å². The van der Waals surface area contributed by atoms with Crippen LogP contribution in [0.25, 0.3) is 0 Å². The van der Waals surface area contributed by atoms with E-state index in [1.54, 1.807) is 18.2 Å². The minimum atomic E-state index is -0.0594. The van der Waals surface area contributed by atoms with Gasteiger partial charge in [-0.1, -0.05) is 23.2 Å². The lowest BCUT2D eigenvalue weighted by Gasteiger charge is -2.04. The second kappa shape index (κ2) is 5.49. The SMILES string of the molecule is CSCC(=O)Nc1cc(Cl)cc(Cl)c1. The summed E-state index contributed by atoms with van der Waals surface area (Å²) in [4.78, 5) is 11.2. The number of nitrogens with one attached hydrogen (secondary N) is 1. The van der Waals surface area contributed by atoms with E-state index < -0.39 is 0 Å². The molecule has 1 aromatic carbocycles. The molecule has 0 fully saturated rings. The minimum absolute atomic E-state index is 0.0594. The van der Waals surface area contributed by atoms with Crippen molar-refractivity contribution in [2.75, 3.05) is 17.3 Å². The maximum atomic E-state index is 11.2. The Bertz CT molecular complexity index is 323. The first-order valence-electron chi connectivity index (χ1n) is 3.86. The number of anilines is 1. The molecule has 1 N–H and O–H groups in total. The van der Waals surface area contributed by atoms with E-state index in [4.69, 9.17) is 23.2 Å². The molecule has 14 heavy (non-hydrogen) atoms. The lowest BCUT2D eigenvalue weighted by atomic mass is 10.3. The molecule has 0 heterocycles. The van der Waals surface area contributed by atoms with Gasteiger partial charge >= 0.3 is 0 Å². The first-order chi connectivity index (χ1) is 6.61. The van der Waals surface area contributed by atoms with E-state index in [1.165, 1.54) is 11.8 Å². The highest BCUT2D eigenvalue weighted by molar-refractivity contribution is 7.99. The fourth-order valence-corrected chi connectivity index (χ4v) is 1.81. The van der Waals surface area contributed by atoms with Crippen molar-refractivity contribution in [1.29, 1.82) is 0 Å². The number of thioether (sulfide) groups is 1. The van der Waals surface area contributed by atoms with E-state index in [0.29, 0.717) is 21.5 Å². The maximum Gasteiger partial charge on any atom is 0.234 e. The van der Waals surface area contributed by atoms with Crippen molar-refractivity contribution in [1.82, 2.24) is 0 Å². The largest absolute Gasteiger partial charge is 0.325 e. The van der Waals surface area contributed by atoms with Gasteiger partial charge in [-0.25, -0.2) is 0 Å². The summed E-state index contributed by atoms with van der Waals surface area (Å²) in [5.74, 6) is 0.361. The number of hydrogen-bond acceptors (Lipinski definition) is 2. The minimum Gasteiger partial charge on any atom is -0.325 e. The highest BCUT2D eigenvalue weighted by Crippen LogP contribution is 2.22. The van der Waals surface area contributed by atoms with E-state index in [1.807, 2.05) is 6.26 Å². The van der Waals surface area contributed by atoms with Crippen LogP contribution in [0, 0.1) is 0 Å². The van der Waals surface area contributed by atoms with E-state index in [-0.39, 0.29) is 5.91 Å². The Balaban J connectivity index is 2.71. The average molecular weight is 250 g/mol. The number of halogens is 2. The van der Waals surface area contributed by atoms with Gasteiger partial charge in [-0.15, -0.1) is 0 Å². The van der Waals surface area contributed by atoms with Crippen LogP contribution in [0.3, 0.4) is 0 Å². The summed E-state index contributed by atoms with van der Waals surface area (Å²) in [5, 5.41) is 3.72. The third-order valence-electron chi connectivity index (χ3n) is 1.42. The number of amides is 1. The Kier molecular flexibility index (Phi) is 4.58. The predicted molar refractivity (Wildman–Crippen MR) is 63.5 cm³/mol. The summed E-state index contributed by atoms with van der Waals surface area (Å²) in [6.07, 6.45) is 1.87. The van der Waals surface area contributed by atoms with E-state index in [0.717, 1.165) is 0 Å². The first-order valence-corrected chi connectivity index (χ1v) is 6.01. The average Bonchev–Trinajstić information content (AvgIpc) is 2.01. The van der Waals surface area contributed by atoms with Gasteiger partial charge in [0.15, 0.2) is 0 Å². The Morgan fingerprint density at radius 2 is 1.93 bits per heavy atom. The monoisotopic (exact) mass is 249 g/mol. The summed E-state index contributed by atoms with van der Waals surface area (Å²) in [5.41, 5.74) is 0.626. The highest BCUT2D eigenvalue weighted by Gasteiger charge is 2.02. The molecule has 0 spiro atoms. The smallest absolute Gasteiger partial charge is 0.234 e. The fraction of sp³-hybridized carbons (Fsp3) is 0.222. The molecular weight excluding hydrogens is 241 g/mol. The second-order valence-corrected chi connectivity index (χ2v) is 4.38. The van der Waals surface area contributed by atoms with Crippen molar-refractivity contribution >= 4 is 46.6 Å². The van der Waals surface area contributed by atoms with Crippen molar-refractivity contribution < 1.29 is 4.79 Å². The van der Waals surface area contributed by atoms with Gasteiger partial charge < -0.3 is 5.32 Å². The zero-order valence-electron chi connectivity index (χ0n) is 7.51. The number of benzene rings is 1. The van der Waals surface area contributed by atoms with Crippen LogP contribution < -0.4 is 5.32 Å². The molecule has 0 aliphatic heterocycles. The van der Waals surface area contributed by atoms with Gasteiger partial charge in [-0.3, -0.25) is 4.79 Å². The van der Waals surface area contributed by atoms with Gasteiger partial charge in [0.2, 0.25) is 5.91 Å². The Morgan fingerprint density at radius 1 is 1.36 bits per heavy atom. The highest BCUT2D eigenvalue weighted by atomic mass is 35.5. The molecule has 1 amide bonds. The second-order valence-electron chi connectivity index (χ2n) is 2.64. The van der Waals surface area contributed by atoms with Crippen LogP contribution in [-0.4, -0.2) is 17.9 Å². The normalized spacial score (nSPS) is 9.93. The van der Waals surface area contributed by atoms with Crippen molar-refractivity contribution in [2.24, 2.45) is 0 Å². The molecule has 0 atom stereocenters. The van der Waals surface area contributed by atoms with Crippen molar-refractivity contribution in [3.63, 3.8) is 0 Å². The Morgan fingerprint density at radius 3 is 2.43 bits per heavy atom. The maximum absolute atomic E-state index is 11.2. The van der Waals surface area contributed by atoms with Gasteiger partial charge in [0.05, 0.1) is 5.75 Å². The molecule has 0 unspecified atom stereocenters. The molecule has 1 aromatic rings. The van der Waals surface area contributed by atoms with Gasteiger partial charge in [-0.2, -0.15) is 11.8 Å². The number of rotatable bonds is 3. The fourth-order valence-electron chi connectivity index (χ4n) is 0.954. The number of carbonyl (C=O) groups excluding carboxylic acids is 1. The van der Waals surface area contributed by atoms with Gasteiger partial charge in [0, 0.05) is 15.7 Å². The van der Waals surface area contributed by atoms with Gasteiger partial charge in [0.1, 0.15) is 0 Å².